The number of nitrogens with zero attached hydrogens (tertiary/aromatic N) is 3. The van der Waals surface area contributed by atoms with Gasteiger partial charge in [-0.3, -0.25) is 24.0 Å². The zero-order valence-corrected chi connectivity index (χ0v) is 31.7. The maximum Gasteiger partial charge on any atom is 0.329 e. The first-order chi connectivity index (χ1) is 25.3. The zero-order chi connectivity index (χ0) is 38.2. The van der Waals surface area contributed by atoms with E-state index in [0.717, 1.165) is 11.1 Å². The van der Waals surface area contributed by atoms with Crippen LogP contribution in [0, 0.1) is 11.8 Å². The summed E-state index contributed by atoms with van der Waals surface area (Å²) in [6.45, 7) is 8.34. The Bertz CT molecular complexity index is 1620. The number of ether oxygens (including phenoxy) is 1. The molecule has 2 aromatic carbocycles. The van der Waals surface area contributed by atoms with Crippen molar-refractivity contribution < 1.29 is 33.5 Å². The van der Waals surface area contributed by atoms with Gasteiger partial charge in [0.05, 0.1) is 0 Å². The Morgan fingerprint density at radius 1 is 0.642 bits per heavy atom. The summed E-state index contributed by atoms with van der Waals surface area (Å²) < 4.78 is 6.00. The number of hydrogen-bond acceptors (Lipinski definition) is 7. The summed E-state index contributed by atoms with van der Waals surface area (Å²) in [5.41, 5.74) is 1.60. The molecule has 0 saturated carbocycles. The number of cyclic esters (lactones) is 1. The van der Waals surface area contributed by atoms with E-state index in [1.54, 1.807) is 7.05 Å². The van der Waals surface area contributed by atoms with Crippen LogP contribution >= 0.6 is 0 Å². The second-order valence-corrected chi connectivity index (χ2v) is 15.5. The second-order valence-electron chi connectivity index (χ2n) is 15.5. The van der Waals surface area contributed by atoms with Gasteiger partial charge in [0.15, 0.2) is 6.10 Å². The van der Waals surface area contributed by atoms with Gasteiger partial charge >= 0.3 is 5.97 Å². The van der Waals surface area contributed by atoms with Crippen LogP contribution in [0.3, 0.4) is 0 Å². The average Bonchev–Trinajstić information content (AvgIpc) is 3.83. The molecule has 5 rings (SSSR count). The molecule has 2 aromatic rings. The molecule has 12 nitrogen and oxygen atoms in total. The van der Waals surface area contributed by atoms with Crippen molar-refractivity contribution in [2.24, 2.45) is 11.8 Å². The summed E-state index contributed by atoms with van der Waals surface area (Å²) in [6, 6.07) is 13.7. The normalized spacial score (nSPS) is 26.6. The third kappa shape index (κ3) is 9.83. The molecule has 0 bridgehead atoms. The smallest absolute Gasteiger partial charge is 0.329 e. The van der Waals surface area contributed by atoms with E-state index in [-0.39, 0.29) is 43.6 Å². The number of amides is 5. The van der Waals surface area contributed by atoms with Gasteiger partial charge in [0.1, 0.15) is 30.2 Å². The number of rotatable bonds is 8. The summed E-state index contributed by atoms with van der Waals surface area (Å²) in [5.74, 6) is -3.01. The third-order valence-corrected chi connectivity index (χ3v) is 10.5. The minimum atomic E-state index is -1.15. The van der Waals surface area contributed by atoms with E-state index in [2.05, 4.69) is 10.6 Å². The minimum Gasteiger partial charge on any atom is -0.451 e. The van der Waals surface area contributed by atoms with Crippen LogP contribution in [0.4, 0.5) is 0 Å². The highest BCUT2D eigenvalue weighted by Crippen LogP contribution is 2.27. The number of carbonyl (C=O) groups excluding carboxylic acids is 6. The maximum atomic E-state index is 14.5. The lowest BCUT2D eigenvalue weighted by Gasteiger charge is -2.36. The molecule has 3 fully saturated rings. The van der Waals surface area contributed by atoms with Crippen LogP contribution in [0.1, 0.15) is 77.3 Å². The first-order valence-electron chi connectivity index (χ1n) is 19.1. The van der Waals surface area contributed by atoms with Crippen molar-refractivity contribution in [3.8, 4) is 0 Å². The number of nitrogens with one attached hydrogen (secondary N) is 2. The fourth-order valence-corrected chi connectivity index (χ4v) is 7.72. The summed E-state index contributed by atoms with van der Waals surface area (Å²) in [4.78, 5) is 89.9. The highest BCUT2D eigenvalue weighted by molar-refractivity contribution is 5.97. The van der Waals surface area contributed by atoms with Crippen molar-refractivity contribution in [2.45, 2.75) is 115 Å². The van der Waals surface area contributed by atoms with Crippen molar-refractivity contribution >= 4 is 35.5 Å². The first-order valence-corrected chi connectivity index (χ1v) is 19.1. The Hall–Kier alpha value is -4.74. The lowest BCUT2D eigenvalue weighted by molar-refractivity contribution is -0.168. The molecule has 5 amide bonds. The monoisotopic (exact) mass is 729 g/mol. The first kappa shape index (κ1) is 39.5. The molecule has 6 unspecified atom stereocenters. The molecular weight excluding hydrogens is 674 g/mol. The van der Waals surface area contributed by atoms with Gasteiger partial charge in [-0.15, -0.1) is 0 Å². The average molecular weight is 730 g/mol. The molecule has 0 aromatic heterocycles. The van der Waals surface area contributed by atoms with Gasteiger partial charge in [0, 0.05) is 33.0 Å². The Balaban J connectivity index is 1.57. The highest BCUT2D eigenvalue weighted by Gasteiger charge is 2.45. The molecule has 2 N–H and O–H groups in total. The van der Waals surface area contributed by atoms with Gasteiger partial charge in [0.2, 0.25) is 23.6 Å². The topological polar surface area (TPSA) is 145 Å². The lowest BCUT2D eigenvalue weighted by Crippen LogP contribution is -2.60. The van der Waals surface area contributed by atoms with Gasteiger partial charge in [0.25, 0.3) is 5.91 Å². The summed E-state index contributed by atoms with van der Waals surface area (Å²) in [6.07, 6.45) is 1.56. The van der Waals surface area contributed by atoms with Crippen LogP contribution in [0.2, 0.25) is 0 Å². The summed E-state index contributed by atoms with van der Waals surface area (Å²) >= 11 is 0. The standard InChI is InChI=1S/C41H55N5O7/c1-26(2)22-34-37(48)42-30(24-28-14-8-6-9-15-28)36(47)43-31(25-29-16-10-7-11-17-29)38(49)46-21-13-19-33(46)41(52)53-35(23-27(3)4)40(51)45-20-12-18-32(45)39(50)44(34)5/h6-11,14-17,26-27,30-35H,12-13,18-25H2,1-5H3,(H,42,48)(H,43,47). The van der Waals surface area contributed by atoms with E-state index in [1.165, 1.54) is 14.7 Å². The van der Waals surface area contributed by atoms with Crippen LogP contribution < -0.4 is 10.6 Å². The number of benzene rings is 2. The molecule has 3 saturated heterocycles. The number of fused-ring (bicyclic) bond motifs is 2. The SMILES string of the molecule is CC(C)CC1OC(=O)C2CCCN2C(=O)C(Cc2ccccc2)NC(=O)C(Cc2ccccc2)NC(=O)C(CC(C)C)N(C)C(=O)C2CCCN2C1=O. The number of carbonyl (C=O) groups is 6. The number of esters is 1. The summed E-state index contributed by atoms with van der Waals surface area (Å²) in [7, 11) is 1.56. The molecule has 12 heteroatoms. The van der Waals surface area contributed by atoms with E-state index < -0.39 is 65.9 Å². The summed E-state index contributed by atoms with van der Waals surface area (Å²) in [5, 5.41) is 5.90. The van der Waals surface area contributed by atoms with E-state index in [1.807, 2.05) is 88.4 Å². The van der Waals surface area contributed by atoms with E-state index in [4.69, 9.17) is 4.74 Å². The fraction of sp³-hybridized carbons (Fsp3) is 0.561. The van der Waals surface area contributed by atoms with Crippen molar-refractivity contribution in [1.82, 2.24) is 25.3 Å². The van der Waals surface area contributed by atoms with Crippen LogP contribution in [-0.2, 0) is 46.3 Å². The van der Waals surface area contributed by atoms with Crippen molar-refractivity contribution in [2.75, 3.05) is 20.1 Å². The minimum absolute atomic E-state index is 0.0104. The number of likely N-dealkylation sites (N-methyl/N-ethyl adjacent to an activating group) is 1. The Morgan fingerprint density at radius 3 is 1.72 bits per heavy atom. The zero-order valence-electron chi connectivity index (χ0n) is 31.7. The largest absolute Gasteiger partial charge is 0.451 e. The molecule has 0 radical (unpaired) electrons. The molecule has 286 valence electrons. The lowest BCUT2D eigenvalue weighted by atomic mass is 9.98. The van der Waals surface area contributed by atoms with Crippen LogP contribution in [0.5, 0.6) is 0 Å². The molecule has 53 heavy (non-hydrogen) atoms. The van der Waals surface area contributed by atoms with E-state index in [9.17, 15) is 28.8 Å². The Labute approximate surface area is 313 Å². The quantitative estimate of drug-likeness (QED) is 0.397. The molecule has 0 aliphatic carbocycles. The molecule has 3 heterocycles. The predicted molar refractivity (Wildman–Crippen MR) is 199 cm³/mol. The molecule has 3 aliphatic rings. The van der Waals surface area contributed by atoms with Crippen molar-refractivity contribution in [3.05, 3.63) is 71.8 Å². The van der Waals surface area contributed by atoms with Crippen LogP contribution in [0.15, 0.2) is 60.7 Å². The van der Waals surface area contributed by atoms with Gasteiger partial charge in [-0.25, -0.2) is 4.79 Å². The number of hydrogen-bond donors (Lipinski definition) is 2. The van der Waals surface area contributed by atoms with Gasteiger partial charge in [-0.1, -0.05) is 88.4 Å². The second kappa shape index (κ2) is 17.9. The fourth-order valence-electron chi connectivity index (χ4n) is 7.72. The van der Waals surface area contributed by atoms with Gasteiger partial charge < -0.3 is 30.1 Å². The molecule has 6 atom stereocenters. The Morgan fingerprint density at radius 2 is 1.15 bits per heavy atom. The van der Waals surface area contributed by atoms with Crippen molar-refractivity contribution in [3.63, 3.8) is 0 Å². The molecular formula is C41H55N5O7. The predicted octanol–water partition coefficient (Wildman–Crippen LogP) is 3.27. The van der Waals surface area contributed by atoms with E-state index >= 15 is 0 Å². The molecule has 0 spiro atoms. The Kier molecular flexibility index (Phi) is 13.3. The maximum absolute atomic E-state index is 14.5. The molecule has 3 aliphatic heterocycles. The van der Waals surface area contributed by atoms with Gasteiger partial charge in [-0.2, -0.15) is 0 Å². The van der Waals surface area contributed by atoms with E-state index in [0.29, 0.717) is 38.6 Å². The highest BCUT2D eigenvalue weighted by atomic mass is 16.6. The van der Waals surface area contributed by atoms with Crippen LogP contribution in [0.25, 0.3) is 0 Å². The third-order valence-electron chi connectivity index (χ3n) is 10.5. The van der Waals surface area contributed by atoms with Crippen molar-refractivity contribution in [1.29, 1.82) is 0 Å². The van der Waals surface area contributed by atoms with Gasteiger partial charge in [-0.05, 0) is 61.5 Å². The van der Waals surface area contributed by atoms with Crippen LogP contribution in [-0.4, -0.2) is 107 Å².